The zero-order valence-electron chi connectivity index (χ0n) is 17.2. The van der Waals surface area contributed by atoms with E-state index >= 15 is 0 Å². The summed E-state index contributed by atoms with van der Waals surface area (Å²) in [5.41, 5.74) is 0. The maximum absolute atomic E-state index is 5.44. The van der Waals surface area contributed by atoms with Crippen LogP contribution in [0.25, 0.3) is 0 Å². The third-order valence-electron chi connectivity index (χ3n) is 5.23. The average molecular weight is 522 g/mol. The van der Waals surface area contributed by atoms with Crippen LogP contribution >= 0.6 is 35.3 Å². The van der Waals surface area contributed by atoms with E-state index in [0.29, 0.717) is 12.0 Å². The Balaban J connectivity index is 0.00000280. The van der Waals surface area contributed by atoms with Gasteiger partial charge in [-0.2, -0.15) is 0 Å². The molecule has 0 bridgehead atoms. The highest BCUT2D eigenvalue weighted by Gasteiger charge is 2.21. The highest BCUT2D eigenvalue weighted by Crippen LogP contribution is 2.24. The van der Waals surface area contributed by atoms with Crippen molar-refractivity contribution in [3.63, 3.8) is 0 Å². The van der Waals surface area contributed by atoms with Gasteiger partial charge < -0.3 is 20.3 Å². The maximum Gasteiger partial charge on any atom is 0.191 e. The molecular formula is C20H36IN5OS. The minimum absolute atomic E-state index is 0. The number of rotatable bonds is 7. The van der Waals surface area contributed by atoms with Gasteiger partial charge in [-0.3, -0.25) is 9.89 Å². The largest absolute Gasteiger partial charge is 0.379 e. The Bertz CT molecular complexity index is 557. The molecule has 2 saturated heterocycles. The number of guanidine groups is 1. The molecule has 0 aliphatic carbocycles. The molecule has 2 aliphatic heterocycles. The van der Waals surface area contributed by atoms with E-state index in [-0.39, 0.29) is 24.0 Å². The van der Waals surface area contributed by atoms with Crippen molar-refractivity contribution in [2.24, 2.45) is 10.9 Å². The van der Waals surface area contributed by atoms with Crippen LogP contribution in [0.1, 0.15) is 26.7 Å². The van der Waals surface area contributed by atoms with E-state index < -0.39 is 0 Å². The molecule has 0 aromatic carbocycles. The van der Waals surface area contributed by atoms with E-state index in [1.807, 2.05) is 11.3 Å². The summed E-state index contributed by atoms with van der Waals surface area (Å²) in [6.45, 7) is 13.4. The number of ether oxygens (including phenoxy) is 1. The Labute approximate surface area is 191 Å². The minimum atomic E-state index is 0. The number of nitrogens with one attached hydrogen (secondary N) is 2. The normalized spacial score (nSPS) is 20.5. The summed E-state index contributed by atoms with van der Waals surface area (Å²) in [5, 5.41) is 10.6. The van der Waals surface area contributed by atoms with Gasteiger partial charge in [0.1, 0.15) is 0 Å². The number of thiophene rings is 1. The Morgan fingerprint density at radius 3 is 2.68 bits per heavy atom. The second-order valence-electron chi connectivity index (χ2n) is 7.59. The van der Waals surface area contributed by atoms with E-state index in [2.05, 4.69) is 51.8 Å². The van der Waals surface area contributed by atoms with Gasteiger partial charge in [-0.1, -0.05) is 6.92 Å². The molecule has 1 aromatic rings. The molecule has 2 N–H and O–H groups in total. The summed E-state index contributed by atoms with van der Waals surface area (Å²) in [7, 11) is 0. The lowest BCUT2D eigenvalue weighted by molar-refractivity contribution is 0.0323. The Morgan fingerprint density at radius 2 is 2.04 bits per heavy atom. The molecule has 6 nitrogen and oxygen atoms in total. The second kappa shape index (κ2) is 12.9. The molecule has 0 amide bonds. The second-order valence-corrected chi connectivity index (χ2v) is 8.52. The predicted octanol–water partition coefficient (Wildman–Crippen LogP) is 2.86. The standard InChI is InChI=1S/C20H35N5OS.HI/c1-3-21-20(22-15-17(2)16-24-10-12-26-13-11-24)23-18-6-8-25(9-7-18)19-5-4-14-27-19;/h4-5,14,17-18H,3,6-13,15-16H2,1-2H3,(H2,21,22,23);1H. The molecule has 28 heavy (non-hydrogen) atoms. The van der Waals surface area contributed by atoms with E-state index in [9.17, 15) is 0 Å². The molecule has 0 saturated carbocycles. The lowest BCUT2D eigenvalue weighted by Gasteiger charge is -2.33. The molecule has 1 unspecified atom stereocenters. The zero-order valence-corrected chi connectivity index (χ0v) is 20.4. The van der Waals surface area contributed by atoms with Crippen molar-refractivity contribution in [1.29, 1.82) is 0 Å². The lowest BCUT2D eigenvalue weighted by atomic mass is 10.1. The van der Waals surface area contributed by atoms with Crippen LogP contribution in [0.15, 0.2) is 22.5 Å². The Hall–Kier alpha value is -0.580. The SMILES string of the molecule is CCNC(=NCC(C)CN1CCOCC1)NC1CCN(c2cccs2)CC1.I. The van der Waals surface area contributed by atoms with Crippen molar-refractivity contribution < 1.29 is 4.74 Å². The molecule has 3 heterocycles. The van der Waals surface area contributed by atoms with E-state index in [1.54, 1.807) is 0 Å². The lowest BCUT2D eigenvalue weighted by Crippen LogP contribution is -2.49. The number of aliphatic imine (C=N–C) groups is 1. The number of piperidine rings is 1. The monoisotopic (exact) mass is 521 g/mol. The fourth-order valence-corrected chi connectivity index (χ4v) is 4.52. The third kappa shape index (κ3) is 7.68. The van der Waals surface area contributed by atoms with Crippen LogP contribution in [0.4, 0.5) is 5.00 Å². The molecule has 2 fully saturated rings. The number of hydrogen-bond donors (Lipinski definition) is 2. The summed E-state index contributed by atoms with van der Waals surface area (Å²) >= 11 is 1.84. The molecule has 160 valence electrons. The average Bonchev–Trinajstić information content (AvgIpc) is 3.22. The molecule has 2 aliphatic rings. The number of halogens is 1. The van der Waals surface area contributed by atoms with Crippen LogP contribution in [0, 0.1) is 5.92 Å². The summed E-state index contributed by atoms with van der Waals surface area (Å²) in [6.07, 6.45) is 2.32. The molecule has 0 radical (unpaired) electrons. The molecule has 1 aromatic heterocycles. The smallest absolute Gasteiger partial charge is 0.191 e. The molecule has 3 rings (SSSR count). The van der Waals surface area contributed by atoms with Crippen molar-refractivity contribution in [3.8, 4) is 0 Å². The number of hydrogen-bond acceptors (Lipinski definition) is 5. The summed E-state index contributed by atoms with van der Waals surface area (Å²) < 4.78 is 5.44. The van der Waals surface area contributed by atoms with E-state index in [4.69, 9.17) is 9.73 Å². The van der Waals surface area contributed by atoms with Gasteiger partial charge in [-0.25, -0.2) is 0 Å². The molecule has 1 atom stereocenters. The highest BCUT2D eigenvalue weighted by atomic mass is 127. The zero-order chi connectivity index (χ0) is 18.9. The van der Waals surface area contributed by atoms with Crippen molar-refractivity contribution in [2.75, 3.05) is 63.9 Å². The first kappa shape index (κ1) is 23.7. The molecule has 0 spiro atoms. The first-order valence-corrected chi connectivity index (χ1v) is 11.3. The summed E-state index contributed by atoms with van der Waals surface area (Å²) in [5.74, 6) is 1.53. The van der Waals surface area contributed by atoms with Gasteiger partial charge in [-0.15, -0.1) is 35.3 Å². The molecule has 8 heteroatoms. The highest BCUT2D eigenvalue weighted by molar-refractivity contribution is 14.0. The van der Waals surface area contributed by atoms with E-state index in [0.717, 1.165) is 77.8 Å². The number of nitrogens with zero attached hydrogens (tertiary/aromatic N) is 3. The van der Waals surface area contributed by atoms with Gasteiger partial charge >= 0.3 is 0 Å². The van der Waals surface area contributed by atoms with E-state index in [1.165, 1.54) is 5.00 Å². The van der Waals surface area contributed by atoms with Gasteiger partial charge in [0.25, 0.3) is 0 Å². The summed E-state index contributed by atoms with van der Waals surface area (Å²) in [4.78, 5) is 9.85. The van der Waals surface area contributed by atoms with Crippen LogP contribution in [0.3, 0.4) is 0 Å². The van der Waals surface area contributed by atoms with Gasteiger partial charge in [0.05, 0.1) is 18.2 Å². The van der Waals surface area contributed by atoms with Crippen LogP contribution in [-0.2, 0) is 4.74 Å². The van der Waals surface area contributed by atoms with Crippen molar-refractivity contribution in [3.05, 3.63) is 17.5 Å². The number of morpholine rings is 1. The van der Waals surface area contributed by atoms with Crippen LogP contribution in [-0.4, -0.2) is 75.9 Å². The topological polar surface area (TPSA) is 52.1 Å². The Kier molecular flexibility index (Phi) is 10.9. The minimum Gasteiger partial charge on any atom is -0.379 e. The van der Waals surface area contributed by atoms with Crippen molar-refractivity contribution in [2.45, 2.75) is 32.7 Å². The molecular weight excluding hydrogens is 485 g/mol. The van der Waals surface area contributed by atoms with Gasteiger partial charge in [0.15, 0.2) is 5.96 Å². The third-order valence-corrected chi connectivity index (χ3v) is 6.16. The maximum atomic E-state index is 5.44. The summed E-state index contributed by atoms with van der Waals surface area (Å²) in [6, 6.07) is 4.87. The van der Waals surface area contributed by atoms with Gasteiger partial charge in [0, 0.05) is 51.9 Å². The van der Waals surface area contributed by atoms with Crippen LogP contribution in [0.5, 0.6) is 0 Å². The first-order valence-electron chi connectivity index (χ1n) is 10.4. The van der Waals surface area contributed by atoms with Crippen molar-refractivity contribution in [1.82, 2.24) is 15.5 Å². The first-order chi connectivity index (χ1) is 13.2. The quantitative estimate of drug-likeness (QED) is 0.329. The van der Waals surface area contributed by atoms with Crippen LogP contribution in [0.2, 0.25) is 0 Å². The van der Waals surface area contributed by atoms with Crippen molar-refractivity contribution >= 4 is 46.3 Å². The fourth-order valence-electron chi connectivity index (χ4n) is 3.74. The number of anilines is 1. The predicted molar refractivity (Wildman–Crippen MR) is 131 cm³/mol. The van der Waals surface area contributed by atoms with Crippen LogP contribution < -0.4 is 15.5 Å². The van der Waals surface area contributed by atoms with Gasteiger partial charge in [0.2, 0.25) is 0 Å². The fraction of sp³-hybridized carbons (Fsp3) is 0.750. The van der Waals surface area contributed by atoms with Gasteiger partial charge in [-0.05, 0) is 43.2 Å². The Morgan fingerprint density at radius 1 is 1.29 bits per heavy atom.